The fourth-order valence-electron chi connectivity index (χ4n) is 5.71. The molecule has 1 aliphatic rings. The van der Waals surface area contributed by atoms with Gasteiger partial charge in [-0.1, -0.05) is 121 Å². The van der Waals surface area contributed by atoms with E-state index in [4.69, 9.17) is 10.5 Å². The number of benzene rings is 1. The van der Waals surface area contributed by atoms with Gasteiger partial charge in [0.2, 0.25) is 0 Å². The fourth-order valence-corrected chi connectivity index (χ4v) is 5.71. The molecule has 1 saturated heterocycles. The molecule has 36 heavy (non-hydrogen) atoms. The average Bonchev–Trinajstić information content (AvgIpc) is 2.89. The number of hydrogen-bond donors (Lipinski definition) is 3. The summed E-state index contributed by atoms with van der Waals surface area (Å²) in [7, 11) is 0. The first-order valence-electron chi connectivity index (χ1n) is 15.0. The Balaban J connectivity index is 0.00000648. The van der Waals surface area contributed by atoms with Gasteiger partial charge in [-0.05, 0) is 44.3 Å². The third-order valence-corrected chi connectivity index (χ3v) is 8.04. The summed E-state index contributed by atoms with van der Waals surface area (Å²) in [5.74, 6) is 0. The van der Waals surface area contributed by atoms with Crippen LogP contribution in [0.2, 0.25) is 0 Å². The molecule has 4 N–H and O–H groups in total. The third kappa shape index (κ3) is 13.2. The number of hydrogen-bond acceptors (Lipinski definition) is 4. The number of rotatable bonds is 21. The standard InChI is InChI=1S/C31H56N2O2.ClH/c1-2-3-4-5-6-7-8-9-10-11-12-13-14-18-25-35-30(27-32)29(34)26-31(21-23-33-24-22-31)28-19-16-15-17-20-28;/h15-17,19-20,29-30,33-34H,2-14,18,21-27,32H2,1H3;1H. The van der Waals surface area contributed by atoms with E-state index in [-0.39, 0.29) is 23.9 Å². The van der Waals surface area contributed by atoms with Gasteiger partial charge in [-0.25, -0.2) is 0 Å². The van der Waals surface area contributed by atoms with Gasteiger partial charge >= 0.3 is 0 Å². The molecule has 0 saturated carbocycles. The average molecular weight is 525 g/mol. The molecule has 2 unspecified atom stereocenters. The van der Waals surface area contributed by atoms with Crippen molar-refractivity contribution in [1.29, 1.82) is 0 Å². The lowest BCUT2D eigenvalue weighted by Gasteiger charge is -2.41. The Morgan fingerprint density at radius 2 is 1.33 bits per heavy atom. The summed E-state index contributed by atoms with van der Waals surface area (Å²) < 4.78 is 6.09. The topological polar surface area (TPSA) is 67.5 Å². The molecule has 0 radical (unpaired) electrons. The number of aliphatic hydroxyl groups is 1. The van der Waals surface area contributed by atoms with E-state index >= 15 is 0 Å². The summed E-state index contributed by atoms with van der Waals surface area (Å²) in [6.45, 7) is 5.36. The van der Waals surface area contributed by atoms with Crippen LogP contribution in [0.25, 0.3) is 0 Å². The summed E-state index contributed by atoms with van der Waals surface area (Å²) in [4.78, 5) is 0. The predicted molar refractivity (Wildman–Crippen MR) is 157 cm³/mol. The highest BCUT2D eigenvalue weighted by Gasteiger charge is 2.37. The van der Waals surface area contributed by atoms with Gasteiger partial charge in [0.15, 0.2) is 0 Å². The van der Waals surface area contributed by atoms with Gasteiger partial charge in [-0.2, -0.15) is 0 Å². The summed E-state index contributed by atoms with van der Waals surface area (Å²) in [6, 6.07) is 10.7. The minimum atomic E-state index is -0.523. The minimum absolute atomic E-state index is 0. The van der Waals surface area contributed by atoms with Crippen LogP contribution in [0.5, 0.6) is 0 Å². The van der Waals surface area contributed by atoms with E-state index in [2.05, 4.69) is 42.6 Å². The Labute approximate surface area is 228 Å². The zero-order valence-corrected chi connectivity index (χ0v) is 24.0. The van der Waals surface area contributed by atoms with Crippen LogP contribution in [-0.2, 0) is 10.2 Å². The lowest BCUT2D eigenvalue weighted by atomic mass is 9.69. The number of unbranched alkanes of at least 4 members (excludes halogenated alkanes) is 13. The van der Waals surface area contributed by atoms with Crippen LogP contribution in [0.15, 0.2) is 30.3 Å². The predicted octanol–water partition coefficient (Wildman–Crippen LogP) is 7.31. The molecule has 1 aromatic carbocycles. The second-order valence-corrected chi connectivity index (χ2v) is 10.9. The first-order chi connectivity index (χ1) is 17.2. The van der Waals surface area contributed by atoms with Crippen LogP contribution in [-0.4, -0.2) is 43.6 Å². The number of halogens is 1. The number of aliphatic hydroxyl groups excluding tert-OH is 1. The van der Waals surface area contributed by atoms with E-state index in [1.165, 1.54) is 89.0 Å². The van der Waals surface area contributed by atoms with Crippen molar-refractivity contribution in [2.75, 3.05) is 26.2 Å². The number of ether oxygens (including phenoxy) is 1. The minimum Gasteiger partial charge on any atom is -0.390 e. The molecule has 210 valence electrons. The molecule has 0 amide bonds. The summed E-state index contributed by atoms with van der Waals surface area (Å²) in [5.41, 5.74) is 7.37. The summed E-state index contributed by atoms with van der Waals surface area (Å²) in [5, 5.41) is 14.5. The Morgan fingerprint density at radius 3 is 1.83 bits per heavy atom. The molecule has 0 aromatic heterocycles. The van der Waals surface area contributed by atoms with Crippen LogP contribution < -0.4 is 11.1 Å². The van der Waals surface area contributed by atoms with Crippen molar-refractivity contribution in [3.63, 3.8) is 0 Å². The zero-order chi connectivity index (χ0) is 25.0. The lowest BCUT2D eigenvalue weighted by Crippen LogP contribution is -2.46. The quantitative estimate of drug-likeness (QED) is 0.147. The second kappa shape index (κ2) is 21.3. The Morgan fingerprint density at radius 1 is 0.833 bits per heavy atom. The normalized spacial score (nSPS) is 16.9. The molecular formula is C31H57ClN2O2. The van der Waals surface area contributed by atoms with Crippen LogP contribution in [0.1, 0.15) is 122 Å². The van der Waals surface area contributed by atoms with Crippen LogP contribution in [0, 0.1) is 0 Å². The smallest absolute Gasteiger partial charge is 0.0955 e. The fraction of sp³-hybridized carbons (Fsp3) is 0.806. The Kier molecular flexibility index (Phi) is 19.8. The van der Waals surface area contributed by atoms with E-state index in [0.717, 1.165) is 38.8 Å². The number of nitrogens with two attached hydrogens (primary N) is 1. The number of nitrogens with one attached hydrogen (secondary N) is 1. The van der Waals surface area contributed by atoms with Gasteiger partial charge in [0, 0.05) is 18.6 Å². The maximum Gasteiger partial charge on any atom is 0.0955 e. The maximum absolute atomic E-state index is 11.1. The first kappa shape index (κ1) is 33.4. The number of piperidine rings is 1. The van der Waals surface area contributed by atoms with E-state index in [1.54, 1.807) is 0 Å². The van der Waals surface area contributed by atoms with Gasteiger partial charge in [0.25, 0.3) is 0 Å². The van der Waals surface area contributed by atoms with Crippen molar-refractivity contribution in [2.24, 2.45) is 5.73 Å². The van der Waals surface area contributed by atoms with Crippen molar-refractivity contribution in [2.45, 2.75) is 134 Å². The molecule has 0 bridgehead atoms. The second-order valence-electron chi connectivity index (χ2n) is 10.9. The maximum atomic E-state index is 11.1. The zero-order valence-electron chi connectivity index (χ0n) is 23.2. The highest BCUT2D eigenvalue weighted by molar-refractivity contribution is 5.85. The van der Waals surface area contributed by atoms with Gasteiger partial charge in [0.05, 0.1) is 12.2 Å². The van der Waals surface area contributed by atoms with Gasteiger partial charge in [0.1, 0.15) is 0 Å². The SMILES string of the molecule is CCCCCCCCCCCCCCCCOC(CN)C(O)CC1(c2ccccc2)CCNCC1.Cl. The molecular weight excluding hydrogens is 468 g/mol. The van der Waals surface area contributed by atoms with Crippen LogP contribution >= 0.6 is 12.4 Å². The third-order valence-electron chi connectivity index (χ3n) is 8.04. The largest absolute Gasteiger partial charge is 0.390 e. The van der Waals surface area contributed by atoms with Crippen molar-refractivity contribution >= 4 is 12.4 Å². The lowest BCUT2D eigenvalue weighted by molar-refractivity contribution is -0.0471. The monoisotopic (exact) mass is 524 g/mol. The molecule has 1 heterocycles. The van der Waals surface area contributed by atoms with Crippen molar-refractivity contribution in [3.8, 4) is 0 Å². The highest BCUT2D eigenvalue weighted by Crippen LogP contribution is 2.38. The van der Waals surface area contributed by atoms with Crippen LogP contribution in [0.3, 0.4) is 0 Å². The first-order valence-corrected chi connectivity index (χ1v) is 15.0. The summed E-state index contributed by atoms with van der Waals surface area (Å²) in [6.07, 6.45) is 21.0. The van der Waals surface area contributed by atoms with Gasteiger partial charge in [-0.3, -0.25) is 0 Å². The molecule has 2 atom stereocenters. The molecule has 1 fully saturated rings. The summed E-state index contributed by atoms with van der Waals surface area (Å²) >= 11 is 0. The van der Waals surface area contributed by atoms with E-state index < -0.39 is 6.10 Å². The molecule has 4 nitrogen and oxygen atoms in total. The van der Waals surface area contributed by atoms with Crippen LogP contribution in [0.4, 0.5) is 0 Å². The van der Waals surface area contributed by atoms with E-state index in [1.807, 2.05) is 0 Å². The molecule has 2 rings (SSSR count). The van der Waals surface area contributed by atoms with Crippen molar-refractivity contribution in [1.82, 2.24) is 5.32 Å². The Hall–Kier alpha value is -0.650. The Bertz CT molecular complexity index is 610. The molecule has 5 heteroatoms. The van der Waals surface area contributed by atoms with Crippen molar-refractivity contribution < 1.29 is 9.84 Å². The molecule has 1 aliphatic heterocycles. The molecule has 0 aliphatic carbocycles. The van der Waals surface area contributed by atoms with E-state index in [9.17, 15) is 5.11 Å². The van der Waals surface area contributed by atoms with Gasteiger partial charge < -0.3 is 20.9 Å². The van der Waals surface area contributed by atoms with Crippen molar-refractivity contribution in [3.05, 3.63) is 35.9 Å². The molecule has 0 spiro atoms. The highest BCUT2D eigenvalue weighted by atomic mass is 35.5. The van der Waals surface area contributed by atoms with Gasteiger partial charge in [-0.15, -0.1) is 12.4 Å². The molecule has 1 aromatic rings. The van der Waals surface area contributed by atoms with E-state index in [0.29, 0.717) is 13.2 Å².